The third-order valence-electron chi connectivity index (χ3n) is 5.56. The summed E-state index contributed by atoms with van der Waals surface area (Å²) in [7, 11) is 2.90. The van der Waals surface area contributed by atoms with E-state index in [-0.39, 0.29) is 27.9 Å². The number of methoxy groups -OCH3 is 2. The summed E-state index contributed by atoms with van der Waals surface area (Å²) in [5, 5.41) is 39.7. The van der Waals surface area contributed by atoms with Crippen molar-refractivity contribution in [2.75, 3.05) is 20.8 Å². The Bertz CT molecular complexity index is 1170. The Kier molecular flexibility index (Phi) is 6.54. The zero-order chi connectivity index (χ0) is 23.7. The van der Waals surface area contributed by atoms with Crippen molar-refractivity contribution in [1.29, 1.82) is 0 Å². The van der Waals surface area contributed by atoms with Crippen molar-refractivity contribution in [1.82, 2.24) is 0 Å². The topological polar surface area (TPSA) is 148 Å². The molecule has 4 rings (SSSR count). The monoisotopic (exact) mass is 460 g/mol. The lowest BCUT2D eigenvalue weighted by Gasteiger charge is -2.39. The smallest absolute Gasteiger partial charge is 0.229 e. The van der Waals surface area contributed by atoms with Gasteiger partial charge in [0.15, 0.2) is 11.3 Å². The van der Waals surface area contributed by atoms with Crippen molar-refractivity contribution in [3.63, 3.8) is 0 Å². The molecule has 5 atom stereocenters. The quantitative estimate of drug-likeness (QED) is 0.413. The molecule has 0 radical (unpaired) electrons. The van der Waals surface area contributed by atoms with Crippen molar-refractivity contribution >= 4 is 11.0 Å². The summed E-state index contributed by atoms with van der Waals surface area (Å²) in [5.74, 6) is 0.790. The molecule has 1 aromatic heterocycles. The lowest BCUT2D eigenvalue weighted by molar-refractivity contribution is -0.277. The van der Waals surface area contributed by atoms with Crippen LogP contribution in [0.4, 0.5) is 0 Å². The standard InChI is InChI=1S/C23H24O10/c1-29-12-5-3-11(4-6-12)14-10-31-21-13(17(14)25)7-8-15(22(21)30-2)32-23-20(28)19(27)18(26)16(9-24)33-23/h3-8,10,16,18-20,23-24,26-28H,9H2,1-2H3/t16-,18+,19+,20-,23+/m1/s1. The molecule has 1 aliphatic rings. The molecule has 2 aromatic carbocycles. The van der Waals surface area contributed by atoms with Crippen molar-refractivity contribution in [3.8, 4) is 28.4 Å². The summed E-state index contributed by atoms with van der Waals surface area (Å²) in [5.41, 5.74) is 0.808. The van der Waals surface area contributed by atoms with Crippen LogP contribution < -0.4 is 19.6 Å². The number of fused-ring (bicyclic) bond motifs is 1. The normalized spacial score (nSPS) is 25.1. The van der Waals surface area contributed by atoms with E-state index in [1.54, 1.807) is 31.4 Å². The number of benzene rings is 2. The minimum atomic E-state index is -1.60. The van der Waals surface area contributed by atoms with E-state index < -0.39 is 37.3 Å². The molecule has 2 heterocycles. The van der Waals surface area contributed by atoms with Crippen molar-refractivity contribution in [2.45, 2.75) is 30.7 Å². The van der Waals surface area contributed by atoms with E-state index in [9.17, 15) is 25.2 Å². The Morgan fingerprint density at radius 1 is 0.939 bits per heavy atom. The van der Waals surface area contributed by atoms with Gasteiger partial charge in [0.1, 0.15) is 36.4 Å². The van der Waals surface area contributed by atoms with E-state index in [0.717, 1.165) is 0 Å². The third kappa shape index (κ3) is 4.14. The van der Waals surface area contributed by atoms with E-state index in [1.807, 2.05) is 0 Å². The van der Waals surface area contributed by atoms with Gasteiger partial charge in [-0.3, -0.25) is 4.79 Å². The number of aliphatic hydroxyl groups excluding tert-OH is 4. The summed E-state index contributed by atoms with van der Waals surface area (Å²) in [4.78, 5) is 13.1. The Hall–Kier alpha value is -3.15. The molecular formula is C23H24O10. The zero-order valence-corrected chi connectivity index (χ0v) is 17.9. The molecule has 0 amide bonds. The maximum absolute atomic E-state index is 13.1. The summed E-state index contributed by atoms with van der Waals surface area (Å²) in [6.07, 6.45) is -5.96. The lowest BCUT2D eigenvalue weighted by Crippen LogP contribution is -2.60. The summed E-state index contributed by atoms with van der Waals surface area (Å²) >= 11 is 0. The van der Waals surface area contributed by atoms with E-state index in [1.165, 1.54) is 25.5 Å². The highest BCUT2D eigenvalue weighted by atomic mass is 16.7. The van der Waals surface area contributed by atoms with Crippen LogP contribution in [0, 0.1) is 0 Å². The van der Waals surface area contributed by atoms with Gasteiger partial charge in [0.05, 0.1) is 31.8 Å². The van der Waals surface area contributed by atoms with Crippen LogP contribution in [-0.4, -0.2) is 72.0 Å². The highest BCUT2D eigenvalue weighted by molar-refractivity contribution is 5.88. The van der Waals surface area contributed by atoms with Gasteiger partial charge in [-0.25, -0.2) is 0 Å². The first-order chi connectivity index (χ1) is 15.9. The van der Waals surface area contributed by atoms with Gasteiger partial charge in [-0.05, 0) is 29.8 Å². The number of rotatable bonds is 6. The molecule has 0 aliphatic carbocycles. The average molecular weight is 460 g/mol. The first kappa shape index (κ1) is 23.0. The maximum Gasteiger partial charge on any atom is 0.229 e. The van der Waals surface area contributed by atoms with Gasteiger partial charge in [-0.1, -0.05) is 12.1 Å². The molecule has 176 valence electrons. The van der Waals surface area contributed by atoms with Crippen molar-refractivity contribution in [3.05, 3.63) is 52.9 Å². The van der Waals surface area contributed by atoms with Gasteiger partial charge in [0.25, 0.3) is 0 Å². The van der Waals surface area contributed by atoms with Crippen LogP contribution >= 0.6 is 0 Å². The fourth-order valence-corrected chi connectivity index (χ4v) is 3.70. The molecule has 10 heteroatoms. The van der Waals surface area contributed by atoms with Crippen LogP contribution in [0.25, 0.3) is 22.1 Å². The fourth-order valence-electron chi connectivity index (χ4n) is 3.70. The van der Waals surface area contributed by atoms with Gasteiger partial charge >= 0.3 is 0 Å². The summed E-state index contributed by atoms with van der Waals surface area (Å²) < 4.78 is 27.3. The van der Waals surface area contributed by atoms with Gasteiger partial charge in [0.2, 0.25) is 17.5 Å². The Balaban J connectivity index is 1.70. The SMILES string of the molecule is COc1ccc(-c2coc3c(OC)c(O[C@H]4O[C@H](CO)[C@H](O)[C@H](O)[C@H]4O)ccc3c2=O)cc1. The molecule has 10 nitrogen and oxygen atoms in total. The molecule has 1 aliphatic heterocycles. The highest BCUT2D eigenvalue weighted by Crippen LogP contribution is 2.37. The zero-order valence-electron chi connectivity index (χ0n) is 17.9. The average Bonchev–Trinajstić information content (AvgIpc) is 2.84. The predicted octanol–water partition coefficient (Wildman–Crippen LogP) is 0.656. The van der Waals surface area contributed by atoms with E-state index in [0.29, 0.717) is 16.9 Å². The minimum absolute atomic E-state index is 0.0645. The highest BCUT2D eigenvalue weighted by Gasteiger charge is 2.45. The van der Waals surface area contributed by atoms with Crippen LogP contribution in [0.15, 0.2) is 51.9 Å². The van der Waals surface area contributed by atoms with Crippen molar-refractivity contribution in [2.24, 2.45) is 0 Å². The number of aliphatic hydroxyl groups is 4. The summed E-state index contributed by atoms with van der Waals surface area (Å²) in [6, 6.07) is 9.87. The van der Waals surface area contributed by atoms with Crippen LogP contribution in [0.3, 0.4) is 0 Å². The molecular weight excluding hydrogens is 436 g/mol. The molecule has 0 spiro atoms. The largest absolute Gasteiger partial charge is 0.497 e. The molecule has 4 N–H and O–H groups in total. The molecule has 0 saturated carbocycles. The van der Waals surface area contributed by atoms with Gasteiger partial charge in [-0.2, -0.15) is 0 Å². The number of hydrogen-bond acceptors (Lipinski definition) is 10. The first-order valence-corrected chi connectivity index (χ1v) is 10.1. The predicted molar refractivity (Wildman–Crippen MR) is 115 cm³/mol. The molecule has 1 saturated heterocycles. The second kappa shape index (κ2) is 9.38. The van der Waals surface area contributed by atoms with Crippen LogP contribution in [-0.2, 0) is 4.74 Å². The van der Waals surface area contributed by atoms with E-state index in [2.05, 4.69) is 0 Å². The van der Waals surface area contributed by atoms with Crippen molar-refractivity contribution < 1.29 is 43.8 Å². The van der Waals surface area contributed by atoms with Crippen LogP contribution in [0.1, 0.15) is 0 Å². The summed E-state index contributed by atoms with van der Waals surface area (Å²) in [6.45, 7) is -0.595. The van der Waals surface area contributed by atoms with Gasteiger partial charge < -0.3 is 43.8 Å². The van der Waals surface area contributed by atoms with E-state index >= 15 is 0 Å². The number of ether oxygens (including phenoxy) is 4. The maximum atomic E-state index is 13.1. The Morgan fingerprint density at radius 2 is 1.67 bits per heavy atom. The second-order valence-electron chi connectivity index (χ2n) is 7.50. The Morgan fingerprint density at radius 3 is 2.30 bits per heavy atom. The first-order valence-electron chi connectivity index (χ1n) is 10.1. The molecule has 3 aromatic rings. The molecule has 33 heavy (non-hydrogen) atoms. The molecule has 1 fully saturated rings. The van der Waals surface area contributed by atoms with Gasteiger partial charge in [-0.15, -0.1) is 0 Å². The second-order valence-corrected chi connectivity index (χ2v) is 7.50. The van der Waals surface area contributed by atoms with Crippen LogP contribution in [0.5, 0.6) is 17.2 Å². The molecule has 0 unspecified atom stereocenters. The minimum Gasteiger partial charge on any atom is -0.497 e. The molecule has 0 bridgehead atoms. The van der Waals surface area contributed by atoms with Gasteiger partial charge in [0, 0.05) is 0 Å². The fraction of sp³-hybridized carbons (Fsp3) is 0.348. The lowest BCUT2D eigenvalue weighted by atomic mass is 9.99. The number of hydrogen-bond donors (Lipinski definition) is 4. The van der Waals surface area contributed by atoms with Crippen LogP contribution in [0.2, 0.25) is 0 Å². The van der Waals surface area contributed by atoms with E-state index in [4.69, 9.17) is 23.4 Å². The third-order valence-corrected chi connectivity index (χ3v) is 5.56. The Labute approximate surface area is 188 Å².